The van der Waals surface area contributed by atoms with E-state index in [-0.39, 0.29) is 0 Å². The van der Waals surface area contributed by atoms with Gasteiger partial charge in [0.25, 0.3) is 0 Å². The second kappa shape index (κ2) is 6.56. The van der Waals surface area contributed by atoms with Crippen molar-refractivity contribution < 1.29 is 13.3 Å². The van der Waals surface area contributed by atoms with Crippen molar-refractivity contribution in [3.8, 4) is 0 Å². The van der Waals surface area contributed by atoms with E-state index in [4.69, 9.17) is 13.3 Å². The van der Waals surface area contributed by atoms with Crippen molar-refractivity contribution in [2.75, 3.05) is 21.3 Å². The van der Waals surface area contributed by atoms with Crippen molar-refractivity contribution in [1.29, 1.82) is 0 Å². The standard InChI is InChI=1S/C7H12.C3H10O3Si/c1-2-7-4-3-6(1)5-7;1-4-7(5-2)6-3/h6-7H,1-5H2;7H,1-3H3. The molecule has 14 heavy (non-hydrogen) atoms. The Hall–Kier alpha value is 0.0969. The lowest BCUT2D eigenvalue weighted by atomic mass is 10.0. The summed E-state index contributed by atoms with van der Waals surface area (Å²) in [5.41, 5.74) is 0. The molecular weight excluding hydrogens is 196 g/mol. The predicted octanol–water partition coefficient (Wildman–Crippen LogP) is 1.84. The fraction of sp³-hybridized carbons (Fsp3) is 1.00. The van der Waals surface area contributed by atoms with Gasteiger partial charge < -0.3 is 13.3 Å². The van der Waals surface area contributed by atoms with E-state index >= 15 is 0 Å². The molecule has 0 spiro atoms. The molecule has 4 heteroatoms. The predicted molar refractivity (Wildman–Crippen MR) is 58.2 cm³/mol. The summed E-state index contributed by atoms with van der Waals surface area (Å²) in [6.07, 6.45) is 7.82. The molecule has 0 unspecified atom stereocenters. The third-order valence-corrected chi connectivity index (χ3v) is 4.37. The molecule has 0 aromatic rings. The summed E-state index contributed by atoms with van der Waals surface area (Å²) in [5.74, 6) is 2.34. The summed E-state index contributed by atoms with van der Waals surface area (Å²) in [6, 6.07) is 0. The van der Waals surface area contributed by atoms with E-state index in [2.05, 4.69) is 0 Å². The Kier molecular flexibility index (Phi) is 5.70. The van der Waals surface area contributed by atoms with Crippen LogP contribution in [-0.4, -0.2) is 30.9 Å². The van der Waals surface area contributed by atoms with E-state index in [1.807, 2.05) is 0 Å². The highest BCUT2D eigenvalue weighted by molar-refractivity contribution is 6.36. The first-order valence-electron chi connectivity index (χ1n) is 5.38. The zero-order valence-corrected chi connectivity index (χ0v) is 10.6. The third-order valence-electron chi connectivity index (χ3n) is 3.21. The van der Waals surface area contributed by atoms with Gasteiger partial charge in [-0.05, 0) is 18.3 Å². The van der Waals surface area contributed by atoms with Crippen LogP contribution < -0.4 is 0 Å². The van der Waals surface area contributed by atoms with Crippen LogP contribution in [-0.2, 0) is 13.3 Å². The van der Waals surface area contributed by atoms with Crippen LogP contribution in [0.2, 0.25) is 0 Å². The van der Waals surface area contributed by atoms with Crippen LogP contribution >= 0.6 is 0 Å². The van der Waals surface area contributed by atoms with Crippen molar-refractivity contribution in [1.82, 2.24) is 0 Å². The molecule has 0 radical (unpaired) electrons. The highest BCUT2D eigenvalue weighted by Gasteiger charge is 2.30. The average Bonchev–Trinajstić information content (AvgIpc) is 2.85. The van der Waals surface area contributed by atoms with Gasteiger partial charge in [-0.15, -0.1) is 0 Å². The molecule has 2 aliphatic carbocycles. The van der Waals surface area contributed by atoms with Gasteiger partial charge in [0.2, 0.25) is 0 Å². The summed E-state index contributed by atoms with van der Waals surface area (Å²) in [5, 5.41) is 0. The minimum atomic E-state index is -1.67. The Morgan fingerprint density at radius 2 is 1.14 bits per heavy atom. The molecule has 0 heterocycles. The molecule has 0 aromatic heterocycles. The molecule has 0 amide bonds. The second-order valence-electron chi connectivity index (χ2n) is 4.12. The van der Waals surface area contributed by atoms with Gasteiger partial charge in [0, 0.05) is 21.3 Å². The summed E-state index contributed by atoms with van der Waals surface area (Å²) < 4.78 is 14.2. The van der Waals surface area contributed by atoms with E-state index in [9.17, 15) is 0 Å². The lowest BCUT2D eigenvalue weighted by Gasteiger charge is -2.05. The summed E-state index contributed by atoms with van der Waals surface area (Å²) in [6.45, 7) is 0. The molecule has 2 rings (SSSR count). The SMILES string of the molecule is C1CC2CCC1C2.CO[SiH](OC)OC. The molecule has 0 N–H and O–H groups in total. The van der Waals surface area contributed by atoms with E-state index in [1.165, 1.54) is 11.8 Å². The molecule has 0 atom stereocenters. The smallest absolute Gasteiger partial charge is 0.379 e. The molecule has 3 nitrogen and oxygen atoms in total. The Balaban J connectivity index is 0.000000140. The maximum Gasteiger partial charge on any atom is 0.483 e. The Morgan fingerprint density at radius 3 is 1.21 bits per heavy atom. The first-order chi connectivity index (χ1) is 6.80. The minimum absolute atomic E-state index is 1.17. The molecule has 2 saturated carbocycles. The first-order valence-corrected chi connectivity index (χ1v) is 6.80. The minimum Gasteiger partial charge on any atom is -0.379 e. The van der Waals surface area contributed by atoms with Gasteiger partial charge in [0.1, 0.15) is 0 Å². The van der Waals surface area contributed by atoms with Gasteiger partial charge in [-0.1, -0.05) is 25.7 Å². The Bertz CT molecular complexity index is 127. The van der Waals surface area contributed by atoms with Crippen molar-refractivity contribution in [2.45, 2.75) is 32.1 Å². The fourth-order valence-corrected chi connectivity index (χ4v) is 3.04. The van der Waals surface area contributed by atoms with Crippen LogP contribution in [0.3, 0.4) is 0 Å². The highest BCUT2D eigenvalue weighted by atomic mass is 28.3. The van der Waals surface area contributed by atoms with Crippen LogP contribution in [0, 0.1) is 11.8 Å². The number of fused-ring (bicyclic) bond motifs is 2. The molecular formula is C10H22O3Si. The van der Waals surface area contributed by atoms with Crippen LogP contribution in [0.15, 0.2) is 0 Å². The molecule has 2 bridgehead atoms. The van der Waals surface area contributed by atoms with Gasteiger partial charge in [-0.25, -0.2) is 0 Å². The van der Waals surface area contributed by atoms with Crippen molar-refractivity contribution in [2.24, 2.45) is 11.8 Å². The van der Waals surface area contributed by atoms with E-state index in [0.29, 0.717) is 0 Å². The molecule has 0 saturated heterocycles. The molecule has 2 fully saturated rings. The van der Waals surface area contributed by atoms with E-state index < -0.39 is 9.53 Å². The van der Waals surface area contributed by atoms with Crippen LogP contribution in [0.5, 0.6) is 0 Å². The maximum atomic E-state index is 4.74. The largest absolute Gasteiger partial charge is 0.483 e. The third kappa shape index (κ3) is 3.69. The van der Waals surface area contributed by atoms with Gasteiger partial charge in [0.15, 0.2) is 0 Å². The lowest BCUT2D eigenvalue weighted by Crippen LogP contribution is -2.21. The number of rotatable bonds is 3. The highest BCUT2D eigenvalue weighted by Crippen LogP contribution is 2.43. The fourth-order valence-electron chi connectivity index (χ4n) is 2.46. The van der Waals surface area contributed by atoms with Crippen molar-refractivity contribution in [3.05, 3.63) is 0 Å². The van der Waals surface area contributed by atoms with E-state index in [1.54, 1.807) is 53.4 Å². The van der Waals surface area contributed by atoms with Gasteiger partial charge in [-0.2, -0.15) is 0 Å². The van der Waals surface area contributed by atoms with Crippen LogP contribution in [0.1, 0.15) is 32.1 Å². The maximum absolute atomic E-state index is 4.74. The monoisotopic (exact) mass is 218 g/mol. The average molecular weight is 218 g/mol. The van der Waals surface area contributed by atoms with Crippen molar-refractivity contribution in [3.63, 3.8) is 0 Å². The summed E-state index contributed by atoms with van der Waals surface area (Å²) in [7, 11) is 3.05. The molecule has 2 aliphatic rings. The molecule has 0 aromatic carbocycles. The normalized spacial score (nSPS) is 29.1. The lowest BCUT2D eigenvalue weighted by molar-refractivity contribution is 0.163. The van der Waals surface area contributed by atoms with Gasteiger partial charge in [0.05, 0.1) is 0 Å². The second-order valence-corrected chi connectivity index (χ2v) is 6.11. The van der Waals surface area contributed by atoms with Gasteiger partial charge >= 0.3 is 9.53 Å². The van der Waals surface area contributed by atoms with Crippen LogP contribution in [0.25, 0.3) is 0 Å². The quantitative estimate of drug-likeness (QED) is 0.677. The first kappa shape index (κ1) is 12.2. The summed E-state index contributed by atoms with van der Waals surface area (Å²) >= 11 is 0. The molecule has 0 aliphatic heterocycles. The zero-order chi connectivity index (χ0) is 10.4. The topological polar surface area (TPSA) is 27.7 Å². The molecule has 84 valence electrons. The Labute approximate surface area is 88.7 Å². The van der Waals surface area contributed by atoms with Crippen molar-refractivity contribution >= 4 is 9.53 Å². The number of hydrogen-bond donors (Lipinski definition) is 0. The summed E-state index contributed by atoms with van der Waals surface area (Å²) in [4.78, 5) is 0. The van der Waals surface area contributed by atoms with E-state index in [0.717, 1.165) is 0 Å². The zero-order valence-electron chi connectivity index (χ0n) is 9.49. The van der Waals surface area contributed by atoms with Crippen LogP contribution in [0.4, 0.5) is 0 Å². The number of hydrogen-bond acceptors (Lipinski definition) is 3. The Morgan fingerprint density at radius 1 is 0.786 bits per heavy atom. The van der Waals surface area contributed by atoms with Gasteiger partial charge in [-0.3, -0.25) is 0 Å².